The molecular weight excluding hydrogens is 432 g/mol. The largest absolute Gasteiger partial charge is 0.397 e. The first kappa shape index (κ1) is 25.5. The molecule has 0 aliphatic carbocycles. The molecule has 0 aromatic heterocycles. The lowest BCUT2D eigenvalue weighted by molar-refractivity contribution is -0.176. The lowest BCUT2D eigenvalue weighted by atomic mass is 10.0. The van der Waals surface area contributed by atoms with E-state index in [1.807, 2.05) is 48.5 Å². The van der Waals surface area contributed by atoms with Crippen LogP contribution in [0.15, 0.2) is 72.8 Å². The van der Waals surface area contributed by atoms with Crippen LogP contribution in [0.5, 0.6) is 0 Å². The average molecular weight is 463 g/mol. The summed E-state index contributed by atoms with van der Waals surface area (Å²) in [5, 5.41) is 12.0. The van der Waals surface area contributed by atoms with Gasteiger partial charge in [0.25, 0.3) is 0 Å². The van der Waals surface area contributed by atoms with Crippen LogP contribution in [0.1, 0.15) is 0 Å². The molecule has 0 aliphatic heterocycles. The van der Waals surface area contributed by atoms with Gasteiger partial charge in [-0.3, -0.25) is 10.5 Å². The zero-order valence-electron chi connectivity index (χ0n) is 18.4. The molecule has 0 aliphatic rings. The molecule has 0 saturated heterocycles. The standard InChI is InChI=1S/2C12H14N4.H2O2/c2*13-9-3-1-7(5-11(9)15)8-2-4-10(14)12(16)6-8;1-2/h2*1-6H,13-16H2;1-2H. The molecule has 0 heterocycles. The van der Waals surface area contributed by atoms with Crippen LogP contribution in [-0.2, 0) is 0 Å². The topological polar surface area (TPSA) is 249 Å². The first-order valence-corrected chi connectivity index (χ1v) is 9.96. The Morgan fingerprint density at radius 3 is 0.618 bits per heavy atom. The third-order valence-corrected chi connectivity index (χ3v) is 5.01. The Labute approximate surface area is 197 Å². The number of hydrogen-bond acceptors (Lipinski definition) is 10. The van der Waals surface area contributed by atoms with Gasteiger partial charge in [-0.1, -0.05) is 24.3 Å². The second-order valence-corrected chi connectivity index (χ2v) is 7.37. The molecule has 0 bridgehead atoms. The van der Waals surface area contributed by atoms with Crippen molar-refractivity contribution < 1.29 is 10.5 Å². The van der Waals surface area contributed by atoms with Gasteiger partial charge in [-0.25, -0.2) is 0 Å². The Kier molecular flexibility index (Phi) is 8.37. The third-order valence-electron chi connectivity index (χ3n) is 5.01. The molecule has 0 unspecified atom stereocenters. The van der Waals surface area contributed by atoms with Crippen molar-refractivity contribution >= 4 is 45.5 Å². The smallest absolute Gasteiger partial charge is 0.0554 e. The molecule has 34 heavy (non-hydrogen) atoms. The Morgan fingerprint density at radius 2 is 0.471 bits per heavy atom. The SMILES string of the molecule is Nc1ccc(-c2ccc(N)c(N)c2)cc1N.Nc1ccc(-c2ccc(N)c(N)c2)cc1N.OO. The van der Waals surface area contributed by atoms with Crippen LogP contribution >= 0.6 is 0 Å². The van der Waals surface area contributed by atoms with Crippen LogP contribution in [0.2, 0.25) is 0 Å². The van der Waals surface area contributed by atoms with Gasteiger partial charge in [0.05, 0.1) is 45.5 Å². The highest BCUT2D eigenvalue weighted by Gasteiger charge is 2.04. The molecule has 10 nitrogen and oxygen atoms in total. The highest BCUT2D eigenvalue weighted by atomic mass is 17.0. The van der Waals surface area contributed by atoms with Gasteiger partial charge < -0.3 is 45.9 Å². The number of benzene rings is 4. The van der Waals surface area contributed by atoms with E-state index < -0.39 is 0 Å². The number of hydrogen-bond donors (Lipinski definition) is 10. The number of rotatable bonds is 2. The number of anilines is 8. The van der Waals surface area contributed by atoms with E-state index >= 15 is 0 Å². The van der Waals surface area contributed by atoms with Gasteiger partial charge in [-0.15, -0.1) is 0 Å². The third kappa shape index (κ3) is 6.13. The van der Waals surface area contributed by atoms with E-state index in [9.17, 15) is 0 Å². The fourth-order valence-electron chi connectivity index (χ4n) is 3.02. The molecule has 0 saturated carbocycles. The molecular formula is C24H30N8O2. The van der Waals surface area contributed by atoms with E-state index in [0.717, 1.165) is 22.3 Å². The number of nitrogen functional groups attached to an aromatic ring is 8. The maximum Gasteiger partial charge on any atom is 0.0554 e. The zero-order chi connectivity index (χ0) is 25.4. The summed E-state index contributed by atoms with van der Waals surface area (Å²) in [6.45, 7) is 0. The lowest BCUT2D eigenvalue weighted by Gasteiger charge is -2.07. The minimum Gasteiger partial charge on any atom is -0.397 e. The first-order valence-electron chi connectivity index (χ1n) is 9.96. The molecule has 4 rings (SSSR count). The second kappa shape index (κ2) is 11.2. The fraction of sp³-hybridized carbons (Fsp3) is 0. The summed E-state index contributed by atoms with van der Waals surface area (Å²) in [6.07, 6.45) is 0. The van der Waals surface area contributed by atoms with Gasteiger partial charge in [0, 0.05) is 0 Å². The summed E-state index contributed by atoms with van der Waals surface area (Å²) in [6, 6.07) is 22.0. The minimum absolute atomic E-state index is 0.563. The maximum atomic E-state index is 6.00. The average Bonchev–Trinajstić information content (AvgIpc) is 2.83. The van der Waals surface area contributed by atoms with Gasteiger partial charge in [0.2, 0.25) is 0 Å². The van der Waals surface area contributed by atoms with Crippen molar-refractivity contribution in [2.75, 3.05) is 45.9 Å². The monoisotopic (exact) mass is 462 g/mol. The zero-order valence-corrected chi connectivity index (χ0v) is 18.4. The predicted octanol–water partition coefficient (Wildman–Crippen LogP) is 3.38. The highest BCUT2D eigenvalue weighted by Crippen LogP contribution is 2.29. The number of nitrogens with two attached hydrogens (primary N) is 8. The summed E-state index contributed by atoms with van der Waals surface area (Å²) >= 11 is 0. The van der Waals surface area contributed by atoms with Crippen LogP contribution in [0.25, 0.3) is 22.3 Å². The van der Waals surface area contributed by atoms with E-state index in [1.54, 1.807) is 24.3 Å². The quantitative estimate of drug-likeness (QED) is 0.118. The summed E-state index contributed by atoms with van der Waals surface area (Å²) < 4.78 is 0. The predicted molar refractivity (Wildman–Crippen MR) is 144 cm³/mol. The van der Waals surface area contributed by atoms with Crippen LogP contribution < -0.4 is 45.9 Å². The van der Waals surface area contributed by atoms with Crippen molar-refractivity contribution in [3.05, 3.63) is 72.8 Å². The Morgan fingerprint density at radius 1 is 0.294 bits per heavy atom. The molecule has 178 valence electrons. The van der Waals surface area contributed by atoms with Crippen molar-refractivity contribution in [2.24, 2.45) is 0 Å². The Bertz CT molecular complexity index is 1080. The van der Waals surface area contributed by atoms with E-state index in [2.05, 4.69) is 0 Å². The van der Waals surface area contributed by atoms with Crippen molar-refractivity contribution in [1.29, 1.82) is 0 Å². The molecule has 0 spiro atoms. The second-order valence-electron chi connectivity index (χ2n) is 7.37. The highest BCUT2D eigenvalue weighted by molar-refractivity contribution is 5.80. The van der Waals surface area contributed by atoms with Crippen LogP contribution in [-0.4, -0.2) is 10.5 Å². The molecule has 18 N–H and O–H groups in total. The molecule has 4 aromatic rings. The normalized spacial score (nSPS) is 9.82. The Balaban J connectivity index is 0.000000224. The summed E-state index contributed by atoms with van der Waals surface area (Å²) in [5.41, 5.74) is 54.0. The van der Waals surface area contributed by atoms with E-state index in [-0.39, 0.29) is 0 Å². The van der Waals surface area contributed by atoms with Gasteiger partial charge in [0.1, 0.15) is 0 Å². The minimum atomic E-state index is 0.563. The summed E-state index contributed by atoms with van der Waals surface area (Å²) in [4.78, 5) is 0. The van der Waals surface area contributed by atoms with Gasteiger partial charge in [0.15, 0.2) is 0 Å². The fourth-order valence-corrected chi connectivity index (χ4v) is 3.02. The lowest BCUT2D eigenvalue weighted by Crippen LogP contribution is -1.96. The van der Waals surface area contributed by atoms with Gasteiger partial charge in [-0.05, 0) is 70.8 Å². The van der Waals surface area contributed by atoms with Crippen molar-refractivity contribution in [3.8, 4) is 22.3 Å². The van der Waals surface area contributed by atoms with Crippen LogP contribution in [0.3, 0.4) is 0 Å². The molecule has 10 heteroatoms. The van der Waals surface area contributed by atoms with Crippen molar-refractivity contribution in [2.45, 2.75) is 0 Å². The van der Waals surface area contributed by atoms with Gasteiger partial charge in [-0.2, -0.15) is 0 Å². The summed E-state index contributed by atoms with van der Waals surface area (Å²) in [7, 11) is 0. The molecule has 0 fully saturated rings. The molecule has 0 atom stereocenters. The van der Waals surface area contributed by atoms with Crippen molar-refractivity contribution in [1.82, 2.24) is 0 Å². The molecule has 0 radical (unpaired) electrons. The van der Waals surface area contributed by atoms with E-state index in [4.69, 9.17) is 56.4 Å². The maximum absolute atomic E-state index is 6.00. The van der Waals surface area contributed by atoms with Crippen LogP contribution in [0.4, 0.5) is 45.5 Å². The van der Waals surface area contributed by atoms with E-state index in [1.165, 1.54) is 0 Å². The first-order chi connectivity index (χ1) is 16.2. The molecule has 0 amide bonds. The Hall–Kier alpha value is -4.80. The van der Waals surface area contributed by atoms with Gasteiger partial charge >= 0.3 is 0 Å². The van der Waals surface area contributed by atoms with Crippen molar-refractivity contribution in [3.63, 3.8) is 0 Å². The van der Waals surface area contributed by atoms with E-state index in [0.29, 0.717) is 45.5 Å². The van der Waals surface area contributed by atoms with Crippen LogP contribution in [0, 0.1) is 0 Å². The summed E-state index contributed by atoms with van der Waals surface area (Å²) in [5.74, 6) is 0. The molecule has 4 aromatic carbocycles.